The Hall–Kier alpha value is -1.86. The molecule has 0 saturated heterocycles. The summed E-state index contributed by atoms with van der Waals surface area (Å²) >= 11 is 11.4. The Balaban J connectivity index is 3.03. The Morgan fingerprint density at radius 3 is 2.71 bits per heavy atom. The van der Waals surface area contributed by atoms with Crippen molar-refractivity contribution < 1.29 is 4.92 Å². The van der Waals surface area contributed by atoms with Gasteiger partial charge < -0.3 is 10.7 Å². The van der Waals surface area contributed by atoms with Gasteiger partial charge in [0.25, 0.3) is 5.56 Å². The number of nitrogens with two attached hydrogens (primary N) is 1. The van der Waals surface area contributed by atoms with E-state index in [1.807, 2.05) is 0 Å². The van der Waals surface area contributed by atoms with Gasteiger partial charge in [0.15, 0.2) is 5.82 Å². The molecule has 7 nitrogen and oxygen atoms in total. The molecule has 0 aliphatic carbocycles. The van der Waals surface area contributed by atoms with E-state index in [0.717, 1.165) is 0 Å². The fraction of sp³-hybridized carbons (Fsp3) is 0. The molecule has 0 aliphatic heterocycles. The molecule has 2 rings (SSSR count). The number of nitro groups is 1. The summed E-state index contributed by atoms with van der Waals surface area (Å²) < 4.78 is 0. The van der Waals surface area contributed by atoms with E-state index in [2.05, 4.69) is 9.97 Å². The average Bonchev–Trinajstić information content (AvgIpc) is 2.23. The van der Waals surface area contributed by atoms with Crippen LogP contribution in [-0.4, -0.2) is 14.9 Å². The standard InChI is InChI=1S/C8H4Cl2N4O3/c9-2-1-3-5(6(4(2)10)14(16)17)13-8(15)7(11)12-3/h1H,(H2,11,12)(H,13,15). The van der Waals surface area contributed by atoms with Crippen LogP contribution in [0.15, 0.2) is 10.9 Å². The Morgan fingerprint density at radius 1 is 1.47 bits per heavy atom. The minimum atomic E-state index is -0.746. The van der Waals surface area contributed by atoms with Gasteiger partial charge in [-0.2, -0.15) is 0 Å². The zero-order valence-electron chi connectivity index (χ0n) is 8.03. The van der Waals surface area contributed by atoms with Gasteiger partial charge in [-0.1, -0.05) is 23.2 Å². The first-order chi connectivity index (χ1) is 7.91. The van der Waals surface area contributed by atoms with Crippen LogP contribution < -0.4 is 11.3 Å². The quantitative estimate of drug-likeness (QED) is 0.607. The number of nitrogens with one attached hydrogen (secondary N) is 1. The minimum absolute atomic E-state index is 0.0372. The van der Waals surface area contributed by atoms with Crippen LogP contribution in [0, 0.1) is 10.1 Å². The van der Waals surface area contributed by atoms with Crippen LogP contribution in [0.2, 0.25) is 10.0 Å². The van der Waals surface area contributed by atoms with Crippen LogP contribution in [-0.2, 0) is 0 Å². The predicted molar refractivity (Wildman–Crippen MR) is 63.5 cm³/mol. The Morgan fingerprint density at radius 2 is 2.12 bits per heavy atom. The maximum atomic E-state index is 11.3. The van der Waals surface area contributed by atoms with E-state index in [1.165, 1.54) is 6.07 Å². The molecule has 2 aromatic rings. The fourth-order valence-electron chi connectivity index (χ4n) is 1.34. The number of rotatable bonds is 1. The molecule has 1 aromatic carbocycles. The molecule has 0 saturated carbocycles. The molecule has 0 spiro atoms. The lowest BCUT2D eigenvalue weighted by Gasteiger charge is -2.03. The van der Waals surface area contributed by atoms with Crippen molar-refractivity contribution in [3.05, 3.63) is 36.6 Å². The number of aromatic nitrogens is 2. The van der Waals surface area contributed by atoms with Crippen LogP contribution in [0.4, 0.5) is 11.5 Å². The molecule has 0 radical (unpaired) electrons. The molecule has 17 heavy (non-hydrogen) atoms. The highest BCUT2D eigenvalue weighted by molar-refractivity contribution is 6.44. The second kappa shape index (κ2) is 3.86. The van der Waals surface area contributed by atoms with E-state index in [-0.39, 0.29) is 26.9 Å². The van der Waals surface area contributed by atoms with Gasteiger partial charge in [0.2, 0.25) is 0 Å². The molecule has 0 aliphatic rings. The Bertz CT molecular complexity index is 697. The number of nitrogen functional groups attached to an aromatic ring is 1. The molecule has 0 amide bonds. The Kier molecular flexibility index (Phi) is 2.64. The molecule has 0 atom stereocenters. The van der Waals surface area contributed by atoms with Crippen molar-refractivity contribution in [2.75, 3.05) is 5.73 Å². The van der Waals surface area contributed by atoms with E-state index in [4.69, 9.17) is 28.9 Å². The maximum Gasteiger partial charge on any atom is 0.314 e. The third-order valence-corrected chi connectivity index (χ3v) is 2.85. The smallest absolute Gasteiger partial charge is 0.314 e. The number of H-pyrrole nitrogens is 1. The highest BCUT2D eigenvalue weighted by atomic mass is 35.5. The zero-order chi connectivity index (χ0) is 12.7. The largest absolute Gasteiger partial charge is 0.379 e. The van der Waals surface area contributed by atoms with Crippen molar-refractivity contribution in [1.29, 1.82) is 0 Å². The summed E-state index contributed by atoms with van der Waals surface area (Å²) in [7, 11) is 0. The normalized spacial score (nSPS) is 10.7. The lowest BCUT2D eigenvalue weighted by molar-refractivity contribution is -0.383. The molecular weight excluding hydrogens is 271 g/mol. The van der Waals surface area contributed by atoms with Crippen LogP contribution in [0.1, 0.15) is 0 Å². The van der Waals surface area contributed by atoms with Gasteiger partial charge in [0.05, 0.1) is 15.5 Å². The van der Waals surface area contributed by atoms with E-state index in [1.54, 1.807) is 0 Å². The first kappa shape index (κ1) is 11.6. The third kappa shape index (κ3) is 1.79. The first-order valence-electron chi connectivity index (χ1n) is 4.23. The number of anilines is 1. The number of benzene rings is 1. The van der Waals surface area contributed by atoms with E-state index in [9.17, 15) is 14.9 Å². The van der Waals surface area contributed by atoms with Crippen LogP contribution in [0.5, 0.6) is 0 Å². The lowest BCUT2D eigenvalue weighted by Crippen LogP contribution is -2.14. The summed E-state index contributed by atoms with van der Waals surface area (Å²) in [6.45, 7) is 0. The summed E-state index contributed by atoms with van der Waals surface area (Å²) in [5.41, 5.74) is 4.07. The molecular formula is C8H4Cl2N4O3. The molecule has 0 fully saturated rings. The molecule has 1 aromatic heterocycles. The molecule has 1 heterocycles. The minimum Gasteiger partial charge on any atom is -0.379 e. The molecule has 3 N–H and O–H groups in total. The number of nitro benzene ring substituents is 1. The number of aromatic amines is 1. The summed E-state index contributed by atoms with van der Waals surface area (Å²) in [5, 5.41) is 10.6. The fourth-order valence-corrected chi connectivity index (χ4v) is 1.75. The second-order valence-corrected chi connectivity index (χ2v) is 3.91. The summed E-state index contributed by atoms with van der Waals surface area (Å²) in [5.74, 6) is -0.301. The lowest BCUT2D eigenvalue weighted by atomic mass is 10.2. The average molecular weight is 275 g/mol. The number of hydrogen-bond donors (Lipinski definition) is 2. The van der Waals surface area contributed by atoms with Gasteiger partial charge in [0, 0.05) is 0 Å². The molecule has 0 bridgehead atoms. The highest BCUT2D eigenvalue weighted by Crippen LogP contribution is 2.36. The van der Waals surface area contributed by atoms with Crippen LogP contribution in [0.25, 0.3) is 11.0 Å². The van der Waals surface area contributed by atoms with Crippen molar-refractivity contribution in [3.8, 4) is 0 Å². The molecule has 88 valence electrons. The number of nitrogens with zero attached hydrogens (tertiary/aromatic N) is 2. The van der Waals surface area contributed by atoms with Crippen molar-refractivity contribution in [3.63, 3.8) is 0 Å². The van der Waals surface area contributed by atoms with Crippen molar-refractivity contribution in [1.82, 2.24) is 9.97 Å². The predicted octanol–water partition coefficient (Wildman–Crippen LogP) is 1.72. The summed E-state index contributed by atoms with van der Waals surface area (Å²) in [6, 6.07) is 1.29. The second-order valence-electron chi connectivity index (χ2n) is 3.12. The monoisotopic (exact) mass is 274 g/mol. The van der Waals surface area contributed by atoms with E-state index >= 15 is 0 Å². The van der Waals surface area contributed by atoms with Crippen molar-refractivity contribution >= 4 is 45.7 Å². The zero-order valence-corrected chi connectivity index (χ0v) is 9.54. The van der Waals surface area contributed by atoms with Gasteiger partial charge in [0.1, 0.15) is 10.5 Å². The summed E-state index contributed by atoms with van der Waals surface area (Å²) in [6.07, 6.45) is 0. The van der Waals surface area contributed by atoms with Gasteiger partial charge in [-0.25, -0.2) is 4.98 Å². The SMILES string of the molecule is Nc1nc2cc(Cl)c(Cl)c([N+](=O)[O-])c2[nH]c1=O. The van der Waals surface area contributed by atoms with Gasteiger partial charge in [-0.15, -0.1) is 0 Å². The molecule has 0 unspecified atom stereocenters. The third-order valence-electron chi connectivity index (χ3n) is 2.07. The molecule has 9 heteroatoms. The Labute approximate surface area is 103 Å². The topological polar surface area (TPSA) is 115 Å². The van der Waals surface area contributed by atoms with E-state index in [0.29, 0.717) is 0 Å². The van der Waals surface area contributed by atoms with Gasteiger partial charge in [-0.05, 0) is 6.07 Å². The van der Waals surface area contributed by atoms with E-state index < -0.39 is 16.2 Å². The number of fused-ring (bicyclic) bond motifs is 1. The van der Waals surface area contributed by atoms with Crippen LogP contribution >= 0.6 is 23.2 Å². The number of hydrogen-bond acceptors (Lipinski definition) is 5. The number of halogens is 2. The van der Waals surface area contributed by atoms with Crippen molar-refractivity contribution in [2.24, 2.45) is 0 Å². The van der Waals surface area contributed by atoms with Crippen LogP contribution in [0.3, 0.4) is 0 Å². The highest BCUT2D eigenvalue weighted by Gasteiger charge is 2.22. The summed E-state index contributed by atoms with van der Waals surface area (Å²) in [4.78, 5) is 27.3. The maximum absolute atomic E-state index is 11.3. The van der Waals surface area contributed by atoms with Crippen molar-refractivity contribution in [2.45, 2.75) is 0 Å². The van der Waals surface area contributed by atoms with Gasteiger partial charge in [-0.3, -0.25) is 14.9 Å². The van der Waals surface area contributed by atoms with Gasteiger partial charge >= 0.3 is 5.69 Å². The first-order valence-corrected chi connectivity index (χ1v) is 4.99.